The Balaban J connectivity index is 3.22. The summed E-state index contributed by atoms with van der Waals surface area (Å²) in [5.41, 5.74) is 0. The number of carboxylic acid groups (broad SMARTS) is 1. The van der Waals surface area contributed by atoms with Crippen LogP contribution >= 0.6 is 0 Å². The van der Waals surface area contributed by atoms with Gasteiger partial charge in [0.15, 0.2) is 0 Å². The van der Waals surface area contributed by atoms with Crippen molar-refractivity contribution in [2.24, 2.45) is 5.92 Å². The van der Waals surface area contributed by atoms with Crippen molar-refractivity contribution in [2.45, 2.75) is 19.8 Å². The highest BCUT2D eigenvalue weighted by molar-refractivity contribution is 5.56. The first-order valence-corrected chi connectivity index (χ1v) is 3.63. The first kappa shape index (κ1) is 10.2. The van der Waals surface area contributed by atoms with Crippen molar-refractivity contribution in [3.8, 4) is 0 Å². The lowest BCUT2D eigenvalue weighted by molar-refractivity contribution is 0.0770. The Hall–Kier alpha value is -0.770. The molecule has 0 heterocycles. The van der Waals surface area contributed by atoms with Gasteiger partial charge in [0.2, 0.25) is 0 Å². The summed E-state index contributed by atoms with van der Waals surface area (Å²) in [5, 5.41) is 16.6. The molecule has 0 bridgehead atoms. The minimum absolute atomic E-state index is 0.150. The van der Waals surface area contributed by atoms with E-state index < -0.39 is 6.16 Å². The molecule has 66 valence electrons. The van der Waals surface area contributed by atoms with Crippen molar-refractivity contribution < 1.29 is 19.7 Å². The van der Waals surface area contributed by atoms with Gasteiger partial charge in [0.05, 0.1) is 6.61 Å². The van der Waals surface area contributed by atoms with E-state index in [0.29, 0.717) is 6.42 Å². The summed E-state index contributed by atoms with van der Waals surface area (Å²) < 4.78 is 4.34. The van der Waals surface area contributed by atoms with Crippen LogP contribution in [0.2, 0.25) is 0 Å². The fraction of sp³-hybridized carbons (Fsp3) is 0.857. The lowest BCUT2D eigenvalue weighted by Gasteiger charge is -2.08. The largest absolute Gasteiger partial charge is 0.505 e. The molecule has 0 aromatic rings. The molecule has 11 heavy (non-hydrogen) atoms. The predicted molar refractivity (Wildman–Crippen MR) is 39.5 cm³/mol. The zero-order chi connectivity index (χ0) is 8.69. The van der Waals surface area contributed by atoms with Crippen LogP contribution in [-0.2, 0) is 4.74 Å². The average Bonchev–Trinajstić information content (AvgIpc) is 1.97. The molecule has 0 saturated heterocycles. The zero-order valence-electron chi connectivity index (χ0n) is 6.62. The molecule has 0 radical (unpaired) electrons. The fourth-order valence-electron chi connectivity index (χ4n) is 0.737. The van der Waals surface area contributed by atoms with Gasteiger partial charge < -0.3 is 14.9 Å². The Morgan fingerprint density at radius 2 is 2.27 bits per heavy atom. The van der Waals surface area contributed by atoms with Gasteiger partial charge in [-0.25, -0.2) is 4.79 Å². The van der Waals surface area contributed by atoms with Gasteiger partial charge in [0, 0.05) is 6.61 Å². The van der Waals surface area contributed by atoms with E-state index in [2.05, 4.69) is 4.74 Å². The Morgan fingerprint density at radius 1 is 1.64 bits per heavy atom. The molecule has 0 saturated carbocycles. The third-order valence-electron chi connectivity index (χ3n) is 1.35. The Labute approximate surface area is 65.8 Å². The van der Waals surface area contributed by atoms with Gasteiger partial charge in [-0.3, -0.25) is 0 Å². The first-order chi connectivity index (χ1) is 5.16. The minimum Gasteiger partial charge on any atom is -0.450 e. The third-order valence-corrected chi connectivity index (χ3v) is 1.35. The van der Waals surface area contributed by atoms with Gasteiger partial charge in [-0.05, 0) is 18.8 Å². The normalized spacial score (nSPS) is 12.5. The van der Waals surface area contributed by atoms with Gasteiger partial charge >= 0.3 is 6.16 Å². The number of hydrogen-bond acceptors (Lipinski definition) is 3. The molecule has 0 aromatic carbocycles. The van der Waals surface area contributed by atoms with E-state index in [4.69, 9.17) is 10.2 Å². The Morgan fingerprint density at radius 3 is 2.73 bits per heavy atom. The van der Waals surface area contributed by atoms with Crippen LogP contribution in [-0.4, -0.2) is 29.6 Å². The van der Waals surface area contributed by atoms with Crippen molar-refractivity contribution >= 4 is 6.16 Å². The van der Waals surface area contributed by atoms with Crippen molar-refractivity contribution in [3.63, 3.8) is 0 Å². The topological polar surface area (TPSA) is 66.8 Å². The van der Waals surface area contributed by atoms with E-state index in [-0.39, 0.29) is 19.1 Å². The van der Waals surface area contributed by atoms with Crippen LogP contribution in [0.3, 0.4) is 0 Å². The summed E-state index contributed by atoms with van der Waals surface area (Å²) in [6.45, 7) is 2.26. The van der Waals surface area contributed by atoms with Crippen LogP contribution in [0.4, 0.5) is 4.79 Å². The molecule has 0 aromatic heterocycles. The summed E-state index contributed by atoms with van der Waals surface area (Å²) in [4.78, 5) is 9.91. The molecule has 1 atom stereocenters. The monoisotopic (exact) mass is 162 g/mol. The molecule has 4 nitrogen and oxygen atoms in total. The van der Waals surface area contributed by atoms with Crippen LogP contribution in [0, 0.1) is 5.92 Å². The van der Waals surface area contributed by atoms with Crippen LogP contribution in [0.25, 0.3) is 0 Å². The van der Waals surface area contributed by atoms with Crippen LogP contribution in [0.15, 0.2) is 0 Å². The maximum atomic E-state index is 9.91. The molecule has 0 aliphatic carbocycles. The number of aliphatic hydroxyl groups excluding tert-OH is 1. The first-order valence-electron chi connectivity index (χ1n) is 3.63. The summed E-state index contributed by atoms with van der Waals surface area (Å²) in [6.07, 6.45) is 0.259. The molecule has 0 spiro atoms. The van der Waals surface area contributed by atoms with Gasteiger partial charge in [-0.15, -0.1) is 0 Å². The van der Waals surface area contributed by atoms with Gasteiger partial charge in [-0.2, -0.15) is 0 Å². The summed E-state index contributed by atoms with van der Waals surface area (Å²) >= 11 is 0. The maximum absolute atomic E-state index is 9.91. The summed E-state index contributed by atoms with van der Waals surface area (Å²) in [6, 6.07) is 0. The van der Waals surface area contributed by atoms with Crippen LogP contribution < -0.4 is 0 Å². The number of aliphatic hydroxyl groups is 1. The molecule has 4 heteroatoms. The highest BCUT2D eigenvalue weighted by Gasteiger charge is 2.04. The highest BCUT2D eigenvalue weighted by Crippen LogP contribution is 2.04. The smallest absolute Gasteiger partial charge is 0.450 e. The SMILES string of the molecule is CC(CCCO)COC(=O)O. The molecule has 0 fully saturated rings. The molecular weight excluding hydrogens is 148 g/mol. The highest BCUT2D eigenvalue weighted by atomic mass is 16.7. The Kier molecular flexibility index (Phi) is 5.56. The maximum Gasteiger partial charge on any atom is 0.505 e. The van der Waals surface area contributed by atoms with E-state index in [1.54, 1.807) is 0 Å². The molecule has 2 N–H and O–H groups in total. The molecular formula is C7H14O4. The van der Waals surface area contributed by atoms with Gasteiger partial charge in [0.25, 0.3) is 0 Å². The second-order valence-electron chi connectivity index (χ2n) is 2.55. The van der Waals surface area contributed by atoms with Gasteiger partial charge in [-0.1, -0.05) is 6.92 Å². The predicted octanol–water partition coefficient (Wildman–Crippen LogP) is 1.09. The lowest BCUT2D eigenvalue weighted by Crippen LogP contribution is -2.10. The third kappa shape index (κ3) is 7.12. The number of carbonyl (C=O) groups is 1. The molecule has 0 aliphatic heterocycles. The number of hydrogen-bond donors (Lipinski definition) is 2. The Bertz CT molecular complexity index is 113. The number of ether oxygens (including phenoxy) is 1. The van der Waals surface area contributed by atoms with Crippen LogP contribution in [0.5, 0.6) is 0 Å². The second-order valence-corrected chi connectivity index (χ2v) is 2.55. The minimum atomic E-state index is -1.24. The zero-order valence-corrected chi connectivity index (χ0v) is 6.62. The van der Waals surface area contributed by atoms with Gasteiger partial charge in [0.1, 0.15) is 0 Å². The average molecular weight is 162 g/mol. The van der Waals surface area contributed by atoms with E-state index >= 15 is 0 Å². The van der Waals surface area contributed by atoms with E-state index in [9.17, 15) is 4.79 Å². The standard InChI is InChI=1S/C7H14O4/c1-6(3-2-4-8)5-11-7(9)10/h6,8H,2-5H2,1H3,(H,9,10). The van der Waals surface area contributed by atoms with E-state index in [1.165, 1.54) is 0 Å². The van der Waals surface area contributed by atoms with Crippen molar-refractivity contribution in [1.29, 1.82) is 0 Å². The molecule has 0 rings (SSSR count). The van der Waals surface area contributed by atoms with Crippen molar-refractivity contribution in [3.05, 3.63) is 0 Å². The molecule has 0 aliphatic rings. The van der Waals surface area contributed by atoms with E-state index in [1.807, 2.05) is 6.92 Å². The molecule has 0 amide bonds. The fourth-order valence-corrected chi connectivity index (χ4v) is 0.737. The van der Waals surface area contributed by atoms with Crippen LogP contribution in [0.1, 0.15) is 19.8 Å². The molecule has 1 unspecified atom stereocenters. The van der Waals surface area contributed by atoms with Crippen molar-refractivity contribution in [1.82, 2.24) is 0 Å². The summed E-state index contributed by atoms with van der Waals surface area (Å²) in [7, 11) is 0. The quantitative estimate of drug-likeness (QED) is 0.594. The number of rotatable bonds is 5. The summed E-state index contributed by atoms with van der Waals surface area (Å²) in [5.74, 6) is 0.193. The van der Waals surface area contributed by atoms with E-state index in [0.717, 1.165) is 6.42 Å². The van der Waals surface area contributed by atoms with Crippen molar-refractivity contribution in [2.75, 3.05) is 13.2 Å². The second kappa shape index (κ2) is 5.97. The lowest BCUT2D eigenvalue weighted by atomic mass is 10.1.